The maximum atomic E-state index is 14.1. The second-order valence-corrected chi connectivity index (χ2v) is 12.7. The molecule has 0 fully saturated rings. The van der Waals surface area contributed by atoms with Crippen LogP contribution in [0, 0.1) is 12.7 Å². The minimum Gasteiger partial charge on any atom is -0.497 e. The van der Waals surface area contributed by atoms with Gasteiger partial charge < -0.3 is 15.0 Å². The molecular formula is C31H38FN3O5S. The van der Waals surface area contributed by atoms with E-state index in [4.69, 9.17) is 4.74 Å². The number of carbonyl (C=O) groups excluding carboxylic acids is 2. The van der Waals surface area contributed by atoms with Crippen LogP contribution in [0.5, 0.6) is 5.75 Å². The third-order valence-corrected chi connectivity index (χ3v) is 8.16. The first kappa shape index (κ1) is 31.6. The Morgan fingerprint density at radius 1 is 1.00 bits per heavy atom. The summed E-state index contributed by atoms with van der Waals surface area (Å²) in [5.74, 6) is -0.918. The second kappa shape index (κ2) is 13.2. The van der Waals surface area contributed by atoms with E-state index in [-0.39, 0.29) is 23.0 Å². The van der Waals surface area contributed by atoms with Gasteiger partial charge in [-0.2, -0.15) is 0 Å². The molecule has 0 aliphatic rings. The van der Waals surface area contributed by atoms with E-state index in [1.807, 2.05) is 33.8 Å². The van der Waals surface area contributed by atoms with Crippen molar-refractivity contribution in [2.45, 2.75) is 64.1 Å². The van der Waals surface area contributed by atoms with E-state index in [0.717, 1.165) is 34.1 Å². The lowest BCUT2D eigenvalue weighted by molar-refractivity contribution is -0.141. The first-order chi connectivity index (χ1) is 19.2. The number of hydrogen-bond acceptors (Lipinski definition) is 5. The zero-order valence-electron chi connectivity index (χ0n) is 24.3. The van der Waals surface area contributed by atoms with Crippen LogP contribution in [-0.4, -0.2) is 50.4 Å². The monoisotopic (exact) mass is 583 g/mol. The van der Waals surface area contributed by atoms with E-state index < -0.39 is 39.9 Å². The lowest BCUT2D eigenvalue weighted by atomic mass is 10.1. The minimum atomic E-state index is -4.28. The molecule has 0 saturated carbocycles. The van der Waals surface area contributed by atoms with Crippen molar-refractivity contribution in [1.82, 2.24) is 10.2 Å². The molecule has 0 heterocycles. The highest BCUT2D eigenvalue weighted by molar-refractivity contribution is 7.92. The number of carbonyl (C=O) groups is 2. The Bertz CT molecular complexity index is 1450. The van der Waals surface area contributed by atoms with Crippen LogP contribution < -0.4 is 14.4 Å². The van der Waals surface area contributed by atoms with Crippen molar-refractivity contribution in [3.63, 3.8) is 0 Å². The summed E-state index contributed by atoms with van der Waals surface area (Å²) in [5.41, 5.74) is 1.34. The number of aryl methyl sites for hydroxylation is 1. The number of benzene rings is 3. The van der Waals surface area contributed by atoms with Crippen molar-refractivity contribution in [2.24, 2.45) is 0 Å². The fourth-order valence-electron chi connectivity index (χ4n) is 4.31. The zero-order chi connectivity index (χ0) is 30.4. The number of halogens is 1. The number of nitrogens with zero attached hydrogens (tertiary/aromatic N) is 2. The molecule has 0 bridgehead atoms. The molecule has 0 spiro atoms. The molecule has 41 heavy (non-hydrogen) atoms. The van der Waals surface area contributed by atoms with Crippen LogP contribution in [-0.2, 0) is 26.2 Å². The van der Waals surface area contributed by atoms with Gasteiger partial charge in [0.25, 0.3) is 10.0 Å². The summed E-state index contributed by atoms with van der Waals surface area (Å²) >= 11 is 0. The quantitative estimate of drug-likeness (QED) is 0.341. The topological polar surface area (TPSA) is 96.0 Å². The molecule has 1 unspecified atom stereocenters. The van der Waals surface area contributed by atoms with Gasteiger partial charge in [0.2, 0.25) is 11.8 Å². The van der Waals surface area contributed by atoms with Gasteiger partial charge in [-0.15, -0.1) is 0 Å². The molecule has 1 N–H and O–H groups in total. The van der Waals surface area contributed by atoms with Crippen LogP contribution in [0.25, 0.3) is 0 Å². The number of sulfonamides is 1. The van der Waals surface area contributed by atoms with Gasteiger partial charge in [-0.05, 0) is 88.2 Å². The van der Waals surface area contributed by atoms with Gasteiger partial charge in [-0.3, -0.25) is 13.9 Å². The van der Waals surface area contributed by atoms with Crippen LogP contribution in [0.1, 0.15) is 45.2 Å². The third kappa shape index (κ3) is 8.29. The molecule has 0 aliphatic carbocycles. The Balaban J connectivity index is 2.07. The highest BCUT2D eigenvalue weighted by atomic mass is 32.2. The third-order valence-electron chi connectivity index (χ3n) is 6.37. The molecule has 1 atom stereocenters. The van der Waals surface area contributed by atoms with Crippen molar-refractivity contribution >= 4 is 27.5 Å². The Labute approximate surface area is 242 Å². The normalized spacial score (nSPS) is 12.4. The number of anilines is 1. The van der Waals surface area contributed by atoms with Gasteiger partial charge in [-0.25, -0.2) is 12.8 Å². The van der Waals surface area contributed by atoms with Crippen molar-refractivity contribution in [3.05, 3.63) is 89.7 Å². The molecule has 2 amide bonds. The standard InChI is InChI=1S/C31H38FN3O5S/c1-7-28(30(37)33-31(3,4)5)34(20-23-9-8-10-26(19-23)40-6)29(36)21-35(25-15-11-22(2)12-16-25)41(38,39)27-17-13-24(32)14-18-27/h8-19,28H,7,20-21H2,1-6H3,(H,33,37). The molecule has 220 valence electrons. The largest absolute Gasteiger partial charge is 0.497 e. The van der Waals surface area contributed by atoms with Crippen LogP contribution in [0.3, 0.4) is 0 Å². The van der Waals surface area contributed by atoms with Gasteiger partial charge in [0.05, 0.1) is 17.7 Å². The maximum Gasteiger partial charge on any atom is 0.264 e. The zero-order valence-corrected chi connectivity index (χ0v) is 25.2. The number of amides is 2. The Morgan fingerprint density at radius 2 is 1.63 bits per heavy atom. The summed E-state index contributed by atoms with van der Waals surface area (Å²) < 4.78 is 47.6. The van der Waals surface area contributed by atoms with E-state index in [0.29, 0.717) is 17.7 Å². The van der Waals surface area contributed by atoms with Crippen LogP contribution >= 0.6 is 0 Å². The Morgan fingerprint density at radius 3 is 2.20 bits per heavy atom. The first-order valence-corrected chi connectivity index (χ1v) is 14.8. The first-order valence-electron chi connectivity index (χ1n) is 13.3. The summed E-state index contributed by atoms with van der Waals surface area (Å²) in [6.07, 6.45) is 0.298. The molecule has 0 radical (unpaired) electrons. The molecule has 3 aromatic rings. The van der Waals surface area contributed by atoms with E-state index in [2.05, 4.69) is 5.32 Å². The van der Waals surface area contributed by atoms with Crippen molar-refractivity contribution in [3.8, 4) is 5.75 Å². The molecule has 3 rings (SSSR count). The lowest BCUT2D eigenvalue weighted by Gasteiger charge is -2.34. The maximum absolute atomic E-state index is 14.1. The molecule has 0 aliphatic heterocycles. The van der Waals surface area contributed by atoms with Gasteiger partial charge >= 0.3 is 0 Å². The Hall–Kier alpha value is -3.92. The van der Waals surface area contributed by atoms with Gasteiger partial charge in [0.1, 0.15) is 24.2 Å². The summed E-state index contributed by atoms with van der Waals surface area (Å²) in [4.78, 5) is 28.7. The summed E-state index contributed by atoms with van der Waals surface area (Å²) in [6, 6.07) is 17.4. The van der Waals surface area contributed by atoms with Gasteiger partial charge in [0, 0.05) is 12.1 Å². The fraction of sp³-hybridized carbons (Fsp3) is 0.355. The van der Waals surface area contributed by atoms with E-state index in [1.54, 1.807) is 49.4 Å². The number of nitrogens with one attached hydrogen (secondary N) is 1. The molecule has 3 aromatic carbocycles. The van der Waals surface area contributed by atoms with Gasteiger partial charge in [0.15, 0.2) is 0 Å². The van der Waals surface area contributed by atoms with E-state index >= 15 is 0 Å². The molecule has 0 aromatic heterocycles. The predicted molar refractivity (Wildman–Crippen MR) is 158 cm³/mol. The molecule has 10 heteroatoms. The predicted octanol–water partition coefficient (Wildman–Crippen LogP) is 5.06. The second-order valence-electron chi connectivity index (χ2n) is 10.8. The number of ether oxygens (including phenoxy) is 1. The van der Waals surface area contributed by atoms with Gasteiger partial charge in [-0.1, -0.05) is 36.8 Å². The van der Waals surface area contributed by atoms with Crippen LogP contribution in [0.4, 0.5) is 10.1 Å². The minimum absolute atomic E-state index is 0.0461. The SMILES string of the molecule is CCC(C(=O)NC(C)(C)C)N(Cc1cccc(OC)c1)C(=O)CN(c1ccc(C)cc1)S(=O)(=O)c1ccc(F)cc1. The smallest absolute Gasteiger partial charge is 0.264 e. The summed E-state index contributed by atoms with van der Waals surface area (Å²) in [7, 11) is -2.74. The number of hydrogen-bond donors (Lipinski definition) is 1. The highest BCUT2D eigenvalue weighted by Crippen LogP contribution is 2.26. The number of methoxy groups -OCH3 is 1. The van der Waals surface area contributed by atoms with Crippen LogP contribution in [0.2, 0.25) is 0 Å². The molecule has 0 saturated heterocycles. The summed E-state index contributed by atoms with van der Waals surface area (Å²) in [6.45, 7) is 8.67. The average Bonchev–Trinajstić information content (AvgIpc) is 2.91. The highest BCUT2D eigenvalue weighted by Gasteiger charge is 2.34. The van der Waals surface area contributed by atoms with Crippen LogP contribution in [0.15, 0.2) is 77.7 Å². The van der Waals surface area contributed by atoms with E-state index in [1.165, 1.54) is 12.0 Å². The fourth-order valence-corrected chi connectivity index (χ4v) is 5.73. The lowest BCUT2D eigenvalue weighted by Crippen LogP contribution is -2.55. The molecular weight excluding hydrogens is 545 g/mol. The van der Waals surface area contributed by atoms with Crippen molar-refractivity contribution in [1.29, 1.82) is 0 Å². The average molecular weight is 584 g/mol. The van der Waals surface area contributed by atoms with E-state index in [9.17, 15) is 22.4 Å². The van der Waals surface area contributed by atoms with Crippen molar-refractivity contribution in [2.75, 3.05) is 18.0 Å². The number of rotatable bonds is 11. The Kier molecular flexibility index (Phi) is 10.1. The summed E-state index contributed by atoms with van der Waals surface area (Å²) in [5, 5.41) is 2.94. The van der Waals surface area contributed by atoms with Crippen molar-refractivity contribution < 1.29 is 27.1 Å². The molecule has 8 nitrogen and oxygen atoms in total.